The minimum absolute atomic E-state index is 0.0944. The van der Waals surface area contributed by atoms with Gasteiger partial charge in [-0.25, -0.2) is 0 Å². The highest BCUT2D eigenvalue weighted by Gasteiger charge is 2.18. The number of nitrogens with two attached hydrogens (primary N) is 1. The molecule has 2 rings (SSSR count). The van der Waals surface area contributed by atoms with Crippen LogP contribution < -0.4 is 21.1 Å². The van der Waals surface area contributed by atoms with Crippen LogP contribution in [0.3, 0.4) is 0 Å². The summed E-state index contributed by atoms with van der Waals surface area (Å²) in [5.74, 6) is 1.91. The first kappa shape index (κ1) is 19.1. The summed E-state index contributed by atoms with van der Waals surface area (Å²) >= 11 is 0. The molecule has 6 heteroatoms. The van der Waals surface area contributed by atoms with Crippen LogP contribution in [0.4, 0.5) is 0 Å². The normalized spacial score (nSPS) is 20.8. The topological polar surface area (TPSA) is 88.7 Å². The zero-order valence-corrected chi connectivity index (χ0v) is 15.3. The number of carbonyl (C=O) groups is 1. The van der Waals surface area contributed by atoms with Gasteiger partial charge in [0, 0.05) is 19.6 Å². The van der Waals surface area contributed by atoms with Gasteiger partial charge >= 0.3 is 0 Å². The Bertz CT molecular complexity index is 563. The predicted octanol–water partition coefficient (Wildman–Crippen LogP) is 1.84. The fraction of sp³-hybridized carbons (Fsp3) is 0.579. The van der Waals surface area contributed by atoms with Crippen molar-refractivity contribution < 1.29 is 9.53 Å². The van der Waals surface area contributed by atoms with Gasteiger partial charge in [0.2, 0.25) is 0 Å². The molecule has 1 aliphatic carbocycles. The molecule has 0 heterocycles. The molecule has 25 heavy (non-hydrogen) atoms. The monoisotopic (exact) mass is 346 g/mol. The molecule has 0 atom stereocenters. The van der Waals surface area contributed by atoms with Crippen molar-refractivity contribution in [1.82, 2.24) is 10.6 Å². The number of ether oxygens (including phenoxy) is 1. The molecular weight excluding hydrogens is 316 g/mol. The van der Waals surface area contributed by atoms with Gasteiger partial charge < -0.3 is 21.1 Å². The zero-order valence-electron chi connectivity index (χ0n) is 15.3. The number of amides is 1. The SMILES string of the molecule is CN=C(NCCc1ccc(OCC(N)=O)cc1)NC1CCC(C)CC1. The van der Waals surface area contributed by atoms with Crippen molar-refractivity contribution in [3.63, 3.8) is 0 Å². The van der Waals surface area contributed by atoms with E-state index in [2.05, 4.69) is 22.5 Å². The number of carbonyl (C=O) groups excluding carboxylic acids is 1. The maximum absolute atomic E-state index is 10.7. The van der Waals surface area contributed by atoms with Gasteiger partial charge in [-0.2, -0.15) is 0 Å². The van der Waals surface area contributed by atoms with Crippen molar-refractivity contribution >= 4 is 11.9 Å². The molecule has 1 amide bonds. The Morgan fingerprint density at radius 1 is 1.24 bits per heavy atom. The van der Waals surface area contributed by atoms with Crippen LogP contribution in [0.2, 0.25) is 0 Å². The molecule has 0 unspecified atom stereocenters. The van der Waals surface area contributed by atoms with E-state index < -0.39 is 5.91 Å². The van der Waals surface area contributed by atoms with Crippen LogP contribution in [0, 0.1) is 5.92 Å². The second kappa shape index (κ2) is 9.91. The summed E-state index contributed by atoms with van der Waals surface area (Å²) in [4.78, 5) is 15.0. The summed E-state index contributed by atoms with van der Waals surface area (Å²) in [6.45, 7) is 3.04. The molecular formula is C19H30N4O2. The highest BCUT2D eigenvalue weighted by atomic mass is 16.5. The third kappa shape index (κ3) is 7.03. The average molecular weight is 346 g/mol. The summed E-state index contributed by atoms with van der Waals surface area (Å²) in [6, 6.07) is 8.24. The Labute approximate surface area is 150 Å². The fourth-order valence-corrected chi connectivity index (χ4v) is 3.02. The molecule has 0 saturated heterocycles. The summed E-state index contributed by atoms with van der Waals surface area (Å²) in [7, 11) is 1.81. The lowest BCUT2D eigenvalue weighted by Gasteiger charge is -2.28. The number of nitrogens with zero attached hydrogens (tertiary/aromatic N) is 1. The molecule has 0 aromatic heterocycles. The highest BCUT2D eigenvalue weighted by molar-refractivity contribution is 5.80. The molecule has 4 N–H and O–H groups in total. The van der Waals surface area contributed by atoms with E-state index in [4.69, 9.17) is 10.5 Å². The molecule has 138 valence electrons. The van der Waals surface area contributed by atoms with E-state index in [0.29, 0.717) is 11.8 Å². The quantitative estimate of drug-likeness (QED) is 0.519. The number of benzene rings is 1. The molecule has 1 saturated carbocycles. The second-order valence-electron chi connectivity index (χ2n) is 6.75. The summed E-state index contributed by atoms with van der Waals surface area (Å²) in [5.41, 5.74) is 6.26. The number of guanidine groups is 1. The van der Waals surface area contributed by atoms with Gasteiger partial charge in [-0.3, -0.25) is 9.79 Å². The number of nitrogens with one attached hydrogen (secondary N) is 2. The van der Waals surface area contributed by atoms with E-state index in [1.54, 1.807) is 0 Å². The standard InChI is InChI=1S/C19H30N4O2/c1-14-3-7-16(8-4-14)23-19(21-2)22-12-11-15-5-9-17(10-6-15)25-13-18(20)24/h5-6,9-10,14,16H,3-4,7-8,11-13H2,1-2H3,(H2,20,24)(H2,21,22,23). The number of hydrogen-bond acceptors (Lipinski definition) is 3. The van der Waals surface area contributed by atoms with Crippen molar-refractivity contribution in [3.05, 3.63) is 29.8 Å². The number of rotatable bonds is 7. The Morgan fingerprint density at radius 2 is 1.92 bits per heavy atom. The first-order valence-corrected chi connectivity index (χ1v) is 9.04. The first-order chi connectivity index (χ1) is 12.1. The van der Waals surface area contributed by atoms with E-state index in [1.165, 1.54) is 31.2 Å². The number of hydrogen-bond donors (Lipinski definition) is 3. The Morgan fingerprint density at radius 3 is 2.52 bits per heavy atom. The Hall–Kier alpha value is -2.24. The zero-order chi connectivity index (χ0) is 18.1. The molecule has 1 fully saturated rings. The van der Waals surface area contributed by atoms with Gasteiger partial charge in [0.15, 0.2) is 12.6 Å². The highest BCUT2D eigenvalue weighted by Crippen LogP contribution is 2.23. The van der Waals surface area contributed by atoms with Crippen LogP contribution in [-0.2, 0) is 11.2 Å². The van der Waals surface area contributed by atoms with Crippen LogP contribution in [0.1, 0.15) is 38.2 Å². The average Bonchev–Trinajstić information content (AvgIpc) is 2.62. The van der Waals surface area contributed by atoms with E-state index >= 15 is 0 Å². The molecule has 1 aromatic rings. The van der Waals surface area contributed by atoms with Crippen LogP contribution >= 0.6 is 0 Å². The van der Waals surface area contributed by atoms with Crippen LogP contribution in [-0.4, -0.2) is 38.1 Å². The van der Waals surface area contributed by atoms with E-state index in [9.17, 15) is 4.79 Å². The van der Waals surface area contributed by atoms with Crippen molar-refractivity contribution in [2.45, 2.75) is 45.1 Å². The van der Waals surface area contributed by atoms with Gasteiger partial charge in [0.1, 0.15) is 5.75 Å². The van der Waals surface area contributed by atoms with E-state index in [1.807, 2.05) is 31.3 Å². The lowest BCUT2D eigenvalue weighted by atomic mass is 9.87. The predicted molar refractivity (Wildman–Crippen MR) is 101 cm³/mol. The lowest BCUT2D eigenvalue weighted by molar-refractivity contribution is -0.119. The Balaban J connectivity index is 1.70. The van der Waals surface area contributed by atoms with Crippen LogP contribution in [0.5, 0.6) is 5.75 Å². The second-order valence-corrected chi connectivity index (χ2v) is 6.75. The molecule has 1 aliphatic rings. The van der Waals surface area contributed by atoms with Gasteiger partial charge in [-0.1, -0.05) is 19.1 Å². The van der Waals surface area contributed by atoms with Crippen molar-refractivity contribution in [2.75, 3.05) is 20.2 Å². The van der Waals surface area contributed by atoms with E-state index in [0.717, 1.165) is 24.8 Å². The molecule has 0 bridgehead atoms. The van der Waals surface area contributed by atoms with Crippen LogP contribution in [0.15, 0.2) is 29.3 Å². The molecule has 1 aromatic carbocycles. The summed E-state index contributed by atoms with van der Waals surface area (Å²) in [5, 5.41) is 6.90. The van der Waals surface area contributed by atoms with Gasteiger partial charge in [0.05, 0.1) is 0 Å². The molecule has 0 spiro atoms. The lowest BCUT2D eigenvalue weighted by Crippen LogP contribution is -2.45. The van der Waals surface area contributed by atoms with Gasteiger partial charge in [-0.15, -0.1) is 0 Å². The van der Waals surface area contributed by atoms with Gasteiger partial charge in [-0.05, 0) is 55.7 Å². The largest absolute Gasteiger partial charge is 0.484 e. The van der Waals surface area contributed by atoms with Gasteiger partial charge in [0.25, 0.3) is 5.91 Å². The number of primary amides is 1. The third-order valence-electron chi connectivity index (χ3n) is 4.59. The smallest absolute Gasteiger partial charge is 0.255 e. The maximum atomic E-state index is 10.7. The van der Waals surface area contributed by atoms with E-state index in [-0.39, 0.29) is 6.61 Å². The fourth-order valence-electron chi connectivity index (χ4n) is 3.02. The Kier molecular flexibility index (Phi) is 7.57. The van der Waals surface area contributed by atoms with Crippen molar-refractivity contribution in [3.8, 4) is 5.75 Å². The minimum atomic E-state index is -0.473. The minimum Gasteiger partial charge on any atom is -0.484 e. The van der Waals surface area contributed by atoms with Crippen molar-refractivity contribution in [1.29, 1.82) is 0 Å². The summed E-state index contributed by atoms with van der Waals surface area (Å²) < 4.78 is 5.26. The molecule has 0 radical (unpaired) electrons. The third-order valence-corrected chi connectivity index (χ3v) is 4.59. The maximum Gasteiger partial charge on any atom is 0.255 e. The number of aliphatic imine (C=N–C) groups is 1. The van der Waals surface area contributed by atoms with Crippen molar-refractivity contribution in [2.24, 2.45) is 16.6 Å². The van der Waals surface area contributed by atoms with Crippen LogP contribution in [0.25, 0.3) is 0 Å². The molecule has 6 nitrogen and oxygen atoms in total. The first-order valence-electron chi connectivity index (χ1n) is 9.04. The molecule has 0 aliphatic heterocycles. The summed E-state index contributed by atoms with van der Waals surface area (Å²) in [6.07, 6.45) is 5.90.